The van der Waals surface area contributed by atoms with Gasteiger partial charge in [0.15, 0.2) is 0 Å². The van der Waals surface area contributed by atoms with Crippen molar-refractivity contribution in [2.24, 2.45) is 0 Å². The number of rotatable bonds is 5. The summed E-state index contributed by atoms with van der Waals surface area (Å²) >= 11 is 0. The highest BCUT2D eigenvalue weighted by Gasteiger charge is 2.14. The quantitative estimate of drug-likeness (QED) is 0.736. The molecule has 25 heavy (non-hydrogen) atoms. The minimum Gasteiger partial charge on any atom is -0.307 e. The van der Waals surface area contributed by atoms with Crippen LogP contribution in [0.4, 0.5) is 5.69 Å². The molecule has 3 aromatic rings. The second-order valence-corrected chi connectivity index (χ2v) is 7.12. The minimum absolute atomic E-state index is 0.180. The Hall–Kier alpha value is -2.93. The van der Waals surface area contributed by atoms with Gasteiger partial charge in [0, 0.05) is 23.0 Å². The maximum Gasteiger partial charge on any atom is 0.261 e. The summed E-state index contributed by atoms with van der Waals surface area (Å²) in [5.41, 5.74) is 1.46. The zero-order chi connectivity index (χ0) is 17.9. The molecule has 2 aromatic carbocycles. The second-order valence-electron chi connectivity index (χ2n) is 5.44. The molecule has 0 bridgehead atoms. The van der Waals surface area contributed by atoms with Gasteiger partial charge in [0.2, 0.25) is 0 Å². The molecule has 1 heterocycles. The zero-order valence-electron chi connectivity index (χ0n) is 13.6. The number of hydrogen-bond donors (Lipinski definition) is 2. The van der Waals surface area contributed by atoms with Crippen LogP contribution in [0.25, 0.3) is 11.4 Å². The summed E-state index contributed by atoms with van der Waals surface area (Å²) in [6, 6.07) is 16.3. The minimum atomic E-state index is -3.68. The molecule has 0 aliphatic carbocycles. The standard InChI is InChI=1S/C18H17N3O3S/c1-2-14-12-17(22)20-18(19-14)13-7-6-8-15(11-13)21-25(23,24)16-9-4-3-5-10-16/h3-12,21H,2H2,1H3,(H,19,20,22). The van der Waals surface area contributed by atoms with Gasteiger partial charge in [0.1, 0.15) is 5.82 Å². The number of aromatic amines is 1. The average molecular weight is 355 g/mol. The summed E-state index contributed by atoms with van der Waals surface area (Å²) in [7, 11) is -3.68. The molecule has 0 radical (unpaired) electrons. The predicted molar refractivity (Wildman–Crippen MR) is 96.9 cm³/mol. The SMILES string of the molecule is CCc1cc(=O)[nH]c(-c2cccc(NS(=O)(=O)c3ccccc3)c2)n1. The highest BCUT2D eigenvalue weighted by atomic mass is 32.2. The summed E-state index contributed by atoms with van der Waals surface area (Å²) in [6.45, 7) is 1.91. The Labute approximate surface area is 145 Å². The largest absolute Gasteiger partial charge is 0.307 e. The molecule has 0 saturated carbocycles. The molecule has 2 N–H and O–H groups in total. The van der Waals surface area contributed by atoms with Crippen LogP contribution in [-0.2, 0) is 16.4 Å². The van der Waals surface area contributed by atoms with Crippen molar-refractivity contribution in [1.82, 2.24) is 9.97 Å². The molecular weight excluding hydrogens is 338 g/mol. The van der Waals surface area contributed by atoms with Crippen molar-refractivity contribution in [1.29, 1.82) is 0 Å². The third-order valence-corrected chi connectivity index (χ3v) is 5.00. The smallest absolute Gasteiger partial charge is 0.261 e. The first-order valence-electron chi connectivity index (χ1n) is 7.76. The van der Waals surface area contributed by atoms with E-state index in [4.69, 9.17) is 0 Å². The van der Waals surface area contributed by atoms with Gasteiger partial charge in [-0.1, -0.05) is 37.3 Å². The molecule has 0 aliphatic heterocycles. The molecule has 128 valence electrons. The van der Waals surface area contributed by atoms with E-state index in [1.807, 2.05) is 6.92 Å². The molecule has 3 rings (SSSR count). The lowest BCUT2D eigenvalue weighted by Gasteiger charge is -2.09. The Bertz CT molecular complexity index is 1040. The number of nitrogens with one attached hydrogen (secondary N) is 2. The number of nitrogens with zero attached hydrogens (tertiary/aromatic N) is 1. The number of hydrogen-bond acceptors (Lipinski definition) is 4. The molecule has 7 heteroatoms. The lowest BCUT2D eigenvalue weighted by molar-refractivity contribution is 0.601. The van der Waals surface area contributed by atoms with Crippen molar-refractivity contribution in [3.63, 3.8) is 0 Å². The summed E-state index contributed by atoms with van der Waals surface area (Å²) < 4.78 is 27.4. The van der Waals surface area contributed by atoms with Gasteiger partial charge in [-0.15, -0.1) is 0 Å². The van der Waals surface area contributed by atoms with Crippen molar-refractivity contribution in [3.8, 4) is 11.4 Å². The van der Waals surface area contributed by atoms with Crippen LogP contribution in [-0.4, -0.2) is 18.4 Å². The molecule has 6 nitrogen and oxygen atoms in total. The molecule has 0 fully saturated rings. The molecule has 0 atom stereocenters. The van der Waals surface area contributed by atoms with Gasteiger partial charge < -0.3 is 4.98 Å². The van der Waals surface area contributed by atoms with E-state index in [0.29, 0.717) is 29.2 Å². The molecule has 1 aromatic heterocycles. The lowest BCUT2D eigenvalue weighted by atomic mass is 10.2. The van der Waals surface area contributed by atoms with Gasteiger partial charge in [-0.05, 0) is 30.7 Å². The van der Waals surface area contributed by atoms with Gasteiger partial charge in [-0.25, -0.2) is 13.4 Å². The fraction of sp³-hybridized carbons (Fsp3) is 0.111. The molecule has 0 saturated heterocycles. The van der Waals surface area contributed by atoms with Crippen molar-refractivity contribution < 1.29 is 8.42 Å². The molecule has 0 spiro atoms. The molecular formula is C18H17N3O3S. The first kappa shape index (κ1) is 16.9. The molecule has 0 unspecified atom stereocenters. The fourth-order valence-corrected chi connectivity index (χ4v) is 3.44. The Kier molecular flexibility index (Phi) is 4.67. The van der Waals surface area contributed by atoms with E-state index in [9.17, 15) is 13.2 Å². The monoisotopic (exact) mass is 355 g/mol. The summed E-state index contributed by atoms with van der Waals surface area (Å²) in [5.74, 6) is 0.408. The van der Waals surface area contributed by atoms with E-state index < -0.39 is 10.0 Å². The zero-order valence-corrected chi connectivity index (χ0v) is 14.4. The number of H-pyrrole nitrogens is 1. The Morgan fingerprint density at radius 3 is 2.52 bits per heavy atom. The topological polar surface area (TPSA) is 91.9 Å². The van der Waals surface area contributed by atoms with E-state index >= 15 is 0 Å². The van der Waals surface area contributed by atoms with E-state index in [-0.39, 0.29) is 10.5 Å². The van der Waals surface area contributed by atoms with Gasteiger partial charge >= 0.3 is 0 Å². The third kappa shape index (κ3) is 3.95. The van der Waals surface area contributed by atoms with Gasteiger partial charge in [0.25, 0.3) is 15.6 Å². The fourth-order valence-electron chi connectivity index (χ4n) is 2.37. The van der Waals surface area contributed by atoms with Gasteiger partial charge in [-0.2, -0.15) is 0 Å². The van der Waals surface area contributed by atoms with Crippen LogP contribution >= 0.6 is 0 Å². The Morgan fingerprint density at radius 1 is 1.04 bits per heavy atom. The first-order chi connectivity index (χ1) is 12.0. The van der Waals surface area contributed by atoms with Crippen LogP contribution < -0.4 is 10.3 Å². The maximum atomic E-state index is 12.4. The van der Waals surface area contributed by atoms with Crippen LogP contribution in [0.5, 0.6) is 0 Å². The summed E-state index contributed by atoms with van der Waals surface area (Å²) in [6.07, 6.45) is 0.636. The average Bonchev–Trinajstić information content (AvgIpc) is 2.62. The van der Waals surface area contributed by atoms with Crippen LogP contribution in [0, 0.1) is 0 Å². The number of aromatic nitrogens is 2. The van der Waals surface area contributed by atoms with E-state index in [0.717, 1.165) is 0 Å². The van der Waals surface area contributed by atoms with E-state index in [1.165, 1.54) is 18.2 Å². The summed E-state index contributed by atoms with van der Waals surface area (Å²) in [5, 5.41) is 0. The van der Waals surface area contributed by atoms with E-state index in [1.54, 1.807) is 42.5 Å². The van der Waals surface area contributed by atoms with Crippen molar-refractivity contribution in [2.45, 2.75) is 18.2 Å². The van der Waals surface area contributed by atoms with Crippen LogP contribution in [0.2, 0.25) is 0 Å². The highest BCUT2D eigenvalue weighted by molar-refractivity contribution is 7.92. The molecule has 0 amide bonds. The number of benzene rings is 2. The predicted octanol–water partition coefficient (Wildman–Crippen LogP) is 2.80. The van der Waals surface area contributed by atoms with E-state index in [2.05, 4.69) is 14.7 Å². The number of aryl methyl sites for hydroxylation is 1. The Balaban J connectivity index is 1.95. The maximum absolute atomic E-state index is 12.4. The normalized spacial score (nSPS) is 11.2. The van der Waals surface area contributed by atoms with Crippen molar-refractivity contribution >= 4 is 15.7 Å². The second kappa shape index (κ2) is 6.90. The van der Waals surface area contributed by atoms with Crippen molar-refractivity contribution in [3.05, 3.63) is 76.7 Å². The van der Waals surface area contributed by atoms with Gasteiger partial charge in [0.05, 0.1) is 4.90 Å². The van der Waals surface area contributed by atoms with Gasteiger partial charge in [-0.3, -0.25) is 9.52 Å². The van der Waals surface area contributed by atoms with Crippen LogP contribution in [0.15, 0.2) is 70.4 Å². The van der Waals surface area contributed by atoms with Crippen LogP contribution in [0.1, 0.15) is 12.6 Å². The third-order valence-electron chi connectivity index (χ3n) is 3.60. The lowest BCUT2D eigenvalue weighted by Crippen LogP contribution is -2.13. The molecule has 0 aliphatic rings. The highest BCUT2D eigenvalue weighted by Crippen LogP contribution is 2.21. The Morgan fingerprint density at radius 2 is 1.80 bits per heavy atom. The number of anilines is 1. The van der Waals surface area contributed by atoms with Crippen LogP contribution in [0.3, 0.4) is 0 Å². The summed E-state index contributed by atoms with van der Waals surface area (Å²) in [4.78, 5) is 19.0. The number of sulfonamides is 1. The van der Waals surface area contributed by atoms with Crippen molar-refractivity contribution in [2.75, 3.05) is 4.72 Å². The first-order valence-corrected chi connectivity index (χ1v) is 9.25.